The van der Waals surface area contributed by atoms with E-state index in [0.29, 0.717) is 31.1 Å². The van der Waals surface area contributed by atoms with Crippen molar-refractivity contribution < 1.29 is 13.2 Å². The number of fused-ring (bicyclic) bond motifs is 1. The van der Waals surface area contributed by atoms with Gasteiger partial charge in [-0.2, -0.15) is 4.31 Å². The van der Waals surface area contributed by atoms with Crippen molar-refractivity contribution in [1.29, 1.82) is 0 Å². The Balaban J connectivity index is 1.52. The number of para-hydroxylation sites is 1. The fourth-order valence-electron chi connectivity index (χ4n) is 3.07. The second kappa shape index (κ2) is 6.86. The van der Waals surface area contributed by atoms with Crippen molar-refractivity contribution in [2.45, 2.75) is 4.90 Å². The Morgan fingerprint density at radius 1 is 1.00 bits per heavy atom. The van der Waals surface area contributed by atoms with Gasteiger partial charge in [-0.05, 0) is 24.3 Å². The zero-order chi connectivity index (χ0) is 18.1. The highest BCUT2D eigenvalue weighted by molar-refractivity contribution is 7.89. The maximum atomic E-state index is 12.7. The molecule has 0 N–H and O–H groups in total. The molecule has 3 aromatic rings. The lowest BCUT2D eigenvalue weighted by Gasteiger charge is -2.33. The maximum Gasteiger partial charge on any atom is 0.243 e. The highest BCUT2D eigenvalue weighted by Crippen LogP contribution is 2.34. The van der Waals surface area contributed by atoms with Gasteiger partial charge in [0.15, 0.2) is 5.13 Å². The van der Waals surface area contributed by atoms with E-state index in [1.54, 1.807) is 47.0 Å². The molecule has 0 radical (unpaired) electrons. The van der Waals surface area contributed by atoms with Crippen LogP contribution in [0.15, 0.2) is 53.4 Å². The summed E-state index contributed by atoms with van der Waals surface area (Å²) in [6, 6.07) is 14.5. The molecule has 1 aliphatic heterocycles. The van der Waals surface area contributed by atoms with E-state index in [2.05, 4.69) is 4.90 Å². The first-order valence-electron chi connectivity index (χ1n) is 8.33. The van der Waals surface area contributed by atoms with Crippen molar-refractivity contribution in [3.05, 3.63) is 48.5 Å². The molecule has 2 aromatic carbocycles. The number of hydrogen-bond acceptors (Lipinski definition) is 6. The minimum Gasteiger partial charge on any atom is -0.494 e. The summed E-state index contributed by atoms with van der Waals surface area (Å²) in [4.78, 5) is 7.19. The van der Waals surface area contributed by atoms with Gasteiger partial charge in [-0.1, -0.05) is 35.6 Å². The lowest BCUT2D eigenvalue weighted by atomic mass is 10.3. The molecule has 4 rings (SSSR count). The van der Waals surface area contributed by atoms with Crippen LogP contribution in [0.25, 0.3) is 10.2 Å². The van der Waals surface area contributed by atoms with Gasteiger partial charge in [-0.15, -0.1) is 0 Å². The Morgan fingerprint density at radius 2 is 1.73 bits per heavy atom. The number of aromatic nitrogens is 1. The number of piperazine rings is 1. The summed E-state index contributed by atoms with van der Waals surface area (Å²) in [5, 5.41) is 0.904. The standard InChI is InChI=1S/C18H19N3O3S2/c1-24-15-8-5-9-16-17(15)19-18(25-16)20-10-12-21(13-11-20)26(22,23)14-6-3-2-4-7-14/h2-9H,10-13H2,1H3. The van der Waals surface area contributed by atoms with Gasteiger partial charge in [0.05, 0.1) is 16.7 Å². The Kier molecular flexibility index (Phi) is 4.56. The average molecular weight is 390 g/mol. The number of benzene rings is 2. The predicted octanol–water partition coefficient (Wildman–Crippen LogP) is 2.82. The largest absolute Gasteiger partial charge is 0.494 e. The molecule has 8 heteroatoms. The minimum absolute atomic E-state index is 0.346. The molecule has 1 fully saturated rings. The van der Waals surface area contributed by atoms with Crippen LogP contribution < -0.4 is 9.64 Å². The van der Waals surface area contributed by atoms with E-state index in [1.165, 1.54) is 0 Å². The molecule has 0 atom stereocenters. The maximum absolute atomic E-state index is 12.7. The molecule has 0 saturated carbocycles. The zero-order valence-electron chi connectivity index (χ0n) is 14.3. The highest BCUT2D eigenvalue weighted by atomic mass is 32.2. The van der Waals surface area contributed by atoms with E-state index in [-0.39, 0.29) is 0 Å². The molecule has 1 saturated heterocycles. The number of sulfonamides is 1. The van der Waals surface area contributed by atoms with Gasteiger partial charge in [0, 0.05) is 26.2 Å². The van der Waals surface area contributed by atoms with Crippen LogP contribution in [0.3, 0.4) is 0 Å². The lowest BCUT2D eigenvalue weighted by molar-refractivity contribution is 0.385. The fourth-order valence-corrected chi connectivity index (χ4v) is 5.55. The highest BCUT2D eigenvalue weighted by Gasteiger charge is 2.29. The molecule has 6 nitrogen and oxygen atoms in total. The zero-order valence-corrected chi connectivity index (χ0v) is 16.0. The van der Waals surface area contributed by atoms with Crippen molar-refractivity contribution in [3.63, 3.8) is 0 Å². The fraction of sp³-hybridized carbons (Fsp3) is 0.278. The molecule has 26 heavy (non-hydrogen) atoms. The van der Waals surface area contributed by atoms with Crippen molar-refractivity contribution in [2.75, 3.05) is 38.2 Å². The second-order valence-corrected chi connectivity index (χ2v) is 8.95. The number of thiazole rings is 1. The molecule has 1 aromatic heterocycles. The summed E-state index contributed by atoms with van der Waals surface area (Å²) in [5.74, 6) is 0.760. The van der Waals surface area contributed by atoms with Gasteiger partial charge < -0.3 is 9.64 Å². The van der Waals surface area contributed by atoms with E-state index in [9.17, 15) is 8.42 Å². The third kappa shape index (κ3) is 3.04. The molecule has 1 aliphatic rings. The monoisotopic (exact) mass is 389 g/mol. The van der Waals surface area contributed by atoms with Crippen molar-refractivity contribution >= 4 is 36.7 Å². The molecule has 0 spiro atoms. The Hall–Kier alpha value is -2.16. The smallest absolute Gasteiger partial charge is 0.243 e. The number of rotatable bonds is 4. The molecular weight excluding hydrogens is 370 g/mol. The van der Waals surface area contributed by atoms with Crippen molar-refractivity contribution in [2.24, 2.45) is 0 Å². The summed E-state index contributed by atoms with van der Waals surface area (Å²) in [6.45, 7) is 2.14. The number of anilines is 1. The van der Waals surface area contributed by atoms with E-state index in [0.717, 1.165) is 21.1 Å². The van der Waals surface area contributed by atoms with Gasteiger partial charge in [-0.3, -0.25) is 0 Å². The van der Waals surface area contributed by atoms with Crippen molar-refractivity contribution in [1.82, 2.24) is 9.29 Å². The van der Waals surface area contributed by atoms with Crippen LogP contribution in [0.5, 0.6) is 5.75 Å². The van der Waals surface area contributed by atoms with Crippen LogP contribution in [0.4, 0.5) is 5.13 Å². The Morgan fingerprint density at radius 3 is 2.42 bits per heavy atom. The van der Waals surface area contributed by atoms with Gasteiger partial charge >= 0.3 is 0 Å². The second-order valence-electron chi connectivity index (χ2n) is 6.01. The van der Waals surface area contributed by atoms with Gasteiger partial charge in [0.1, 0.15) is 11.3 Å². The first-order valence-corrected chi connectivity index (χ1v) is 10.6. The quantitative estimate of drug-likeness (QED) is 0.687. The summed E-state index contributed by atoms with van der Waals surface area (Å²) >= 11 is 1.61. The van der Waals surface area contributed by atoms with Crippen LogP contribution in [0, 0.1) is 0 Å². The number of hydrogen-bond donors (Lipinski definition) is 0. The normalized spacial score (nSPS) is 16.1. The molecule has 2 heterocycles. The Labute approximate surface area is 156 Å². The molecule has 136 valence electrons. The summed E-state index contributed by atoms with van der Waals surface area (Å²) in [7, 11) is -1.79. The first kappa shape index (κ1) is 17.3. The van der Waals surface area contributed by atoms with Crippen molar-refractivity contribution in [3.8, 4) is 5.75 Å². The molecule has 0 unspecified atom stereocenters. The van der Waals surface area contributed by atoms with E-state index in [4.69, 9.17) is 9.72 Å². The van der Waals surface area contributed by atoms with Crippen LogP contribution >= 0.6 is 11.3 Å². The topological polar surface area (TPSA) is 62.7 Å². The molecule has 0 amide bonds. The van der Waals surface area contributed by atoms with Crippen LogP contribution in [0.2, 0.25) is 0 Å². The van der Waals surface area contributed by atoms with Gasteiger partial charge in [0.25, 0.3) is 0 Å². The average Bonchev–Trinajstić information content (AvgIpc) is 3.13. The SMILES string of the molecule is COc1cccc2sc(N3CCN(S(=O)(=O)c4ccccc4)CC3)nc12. The minimum atomic E-state index is -3.43. The number of methoxy groups -OCH3 is 1. The number of nitrogens with zero attached hydrogens (tertiary/aromatic N) is 3. The van der Waals surface area contributed by atoms with E-state index < -0.39 is 10.0 Å². The molecular formula is C18H19N3O3S2. The first-order chi connectivity index (χ1) is 12.6. The third-order valence-electron chi connectivity index (χ3n) is 4.48. The van der Waals surface area contributed by atoms with Gasteiger partial charge in [0.2, 0.25) is 10.0 Å². The molecule has 0 bridgehead atoms. The van der Waals surface area contributed by atoms with Gasteiger partial charge in [-0.25, -0.2) is 13.4 Å². The summed E-state index contributed by atoms with van der Waals surface area (Å²) in [6.07, 6.45) is 0. The predicted molar refractivity (Wildman–Crippen MR) is 104 cm³/mol. The van der Waals surface area contributed by atoms with Crippen LogP contribution in [0.1, 0.15) is 0 Å². The van der Waals surface area contributed by atoms with E-state index >= 15 is 0 Å². The summed E-state index contributed by atoms with van der Waals surface area (Å²) < 4.78 is 33.5. The number of ether oxygens (including phenoxy) is 1. The van der Waals surface area contributed by atoms with E-state index in [1.807, 2.05) is 24.3 Å². The third-order valence-corrected chi connectivity index (χ3v) is 7.48. The lowest BCUT2D eigenvalue weighted by Crippen LogP contribution is -2.48. The Bertz CT molecular complexity index is 1010. The van der Waals surface area contributed by atoms with Crippen LogP contribution in [-0.2, 0) is 10.0 Å². The summed E-state index contributed by atoms with van der Waals surface area (Å²) in [5.41, 5.74) is 0.856. The van der Waals surface area contributed by atoms with Crippen LogP contribution in [-0.4, -0.2) is 51.0 Å². The molecule has 0 aliphatic carbocycles.